The lowest BCUT2D eigenvalue weighted by Gasteiger charge is -2.29. The van der Waals surface area contributed by atoms with Gasteiger partial charge in [-0.3, -0.25) is 0 Å². The zero-order valence-corrected chi connectivity index (χ0v) is 12.6. The second-order valence-corrected chi connectivity index (χ2v) is 5.70. The standard InChI is InChI=1S/C13H21BrN4/c1-3-9-4-6-10(7-5-9)18-13-11(14)12(15-2)16-8-17-13/h8-10H,3-7H2,1-2H3,(H2,15,16,17,18). The first-order valence-corrected chi connectivity index (χ1v) is 7.48. The molecule has 4 nitrogen and oxygen atoms in total. The van der Waals surface area contributed by atoms with Gasteiger partial charge in [0.1, 0.15) is 22.4 Å². The molecule has 1 aromatic heterocycles. The highest BCUT2D eigenvalue weighted by molar-refractivity contribution is 9.10. The number of rotatable bonds is 4. The van der Waals surface area contributed by atoms with Gasteiger partial charge >= 0.3 is 0 Å². The van der Waals surface area contributed by atoms with Crippen LogP contribution in [0.3, 0.4) is 0 Å². The summed E-state index contributed by atoms with van der Waals surface area (Å²) in [4.78, 5) is 8.48. The minimum atomic E-state index is 0.545. The van der Waals surface area contributed by atoms with Crippen molar-refractivity contribution in [3.63, 3.8) is 0 Å². The van der Waals surface area contributed by atoms with Crippen LogP contribution in [0.5, 0.6) is 0 Å². The van der Waals surface area contributed by atoms with Gasteiger partial charge in [0.05, 0.1) is 0 Å². The molecule has 5 heteroatoms. The molecule has 0 atom stereocenters. The summed E-state index contributed by atoms with van der Waals surface area (Å²) in [6.07, 6.45) is 8.05. The number of aromatic nitrogens is 2. The van der Waals surface area contributed by atoms with Crippen molar-refractivity contribution in [2.24, 2.45) is 5.92 Å². The lowest BCUT2D eigenvalue weighted by atomic mass is 9.84. The lowest BCUT2D eigenvalue weighted by molar-refractivity contribution is 0.330. The summed E-state index contributed by atoms with van der Waals surface area (Å²) in [6, 6.07) is 0.545. The lowest BCUT2D eigenvalue weighted by Crippen LogP contribution is -2.26. The van der Waals surface area contributed by atoms with Gasteiger partial charge in [-0.05, 0) is 47.5 Å². The smallest absolute Gasteiger partial charge is 0.146 e. The van der Waals surface area contributed by atoms with E-state index < -0.39 is 0 Å². The van der Waals surface area contributed by atoms with Crippen molar-refractivity contribution in [3.05, 3.63) is 10.8 Å². The van der Waals surface area contributed by atoms with Gasteiger partial charge in [0, 0.05) is 13.1 Å². The summed E-state index contributed by atoms with van der Waals surface area (Å²) in [5.41, 5.74) is 0. The van der Waals surface area contributed by atoms with Gasteiger partial charge in [0.25, 0.3) is 0 Å². The Labute approximate surface area is 117 Å². The number of anilines is 2. The minimum absolute atomic E-state index is 0.545. The molecule has 2 N–H and O–H groups in total. The maximum atomic E-state index is 4.31. The number of halogens is 1. The summed E-state index contributed by atoms with van der Waals surface area (Å²) >= 11 is 3.54. The van der Waals surface area contributed by atoms with Crippen LogP contribution in [0.1, 0.15) is 39.0 Å². The van der Waals surface area contributed by atoms with Gasteiger partial charge in [-0.25, -0.2) is 9.97 Å². The summed E-state index contributed by atoms with van der Waals surface area (Å²) in [6.45, 7) is 2.29. The van der Waals surface area contributed by atoms with Crippen molar-refractivity contribution >= 4 is 27.6 Å². The number of hydrogen-bond donors (Lipinski definition) is 2. The third-order valence-electron chi connectivity index (χ3n) is 3.79. The summed E-state index contributed by atoms with van der Waals surface area (Å²) < 4.78 is 0.921. The van der Waals surface area contributed by atoms with E-state index in [1.807, 2.05) is 7.05 Å². The highest BCUT2D eigenvalue weighted by atomic mass is 79.9. The SMILES string of the molecule is CCC1CCC(Nc2ncnc(NC)c2Br)CC1. The predicted octanol–water partition coefficient (Wildman–Crippen LogP) is 3.66. The van der Waals surface area contributed by atoms with Gasteiger partial charge in [0.15, 0.2) is 0 Å². The summed E-state index contributed by atoms with van der Waals surface area (Å²) in [5.74, 6) is 2.65. The molecular formula is C13H21BrN4. The quantitative estimate of drug-likeness (QED) is 0.890. The van der Waals surface area contributed by atoms with Crippen LogP contribution in [0.15, 0.2) is 10.8 Å². The zero-order chi connectivity index (χ0) is 13.0. The monoisotopic (exact) mass is 312 g/mol. The fourth-order valence-corrected chi connectivity index (χ4v) is 3.07. The molecule has 0 bridgehead atoms. The second-order valence-electron chi connectivity index (χ2n) is 4.91. The fraction of sp³-hybridized carbons (Fsp3) is 0.692. The molecule has 0 unspecified atom stereocenters. The van der Waals surface area contributed by atoms with Crippen LogP contribution < -0.4 is 10.6 Å². The third kappa shape index (κ3) is 3.13. The van der Waals surface area contributed by atoms with Crippen molar-refractivity contribution in [1.29, 1.82) is 0 Å². The molecule has 2 rings (SSSR count). The molecule has 1 heterocycles. The predicted molar refractivity (Wildman–Crippen MR) is 78.9 cm³/mol. The molecule has 0 aliphatic heterocycles. The Kier molecular flexibility index (Phi) is 4.80. The average Bonchev–Trinajstić information content (AvgIpc) is 2.42. The molecule has 0 aromatic carbocycles. The Morgan fingerprint density at radius 3 is 2.50 bits per heavy atom. The van der Waals surface area contributed by atoms with E-state index in [4.69, 9.17) is 0 Å². The van der Waals surface area contributed by atoms with Crippen LogP contribution in [0.25, 0.3) is 0 Å². The van der Waals surface area contributed by atoms with E-state index in [1.165, 1.54) is 32.1 Å². The van der Waals surface area contributed by atoms with Crippen molar-refractivity contribution in [2.45, 2.75) is 45.1 Å². The van der Waals surface area contributed by atoms with E-state index in [0.29, 0.717) is 6.04 Å². The molecular weight excluding hydrogens is 292 g/mol. The average molecular weight is 313 g/mol. The molecule has 1 aliphatic rings. The minimum Gasteiger partial charge on any atom is -0.372 e. The third-order valence-corrected chi connectivity index (χ3v) is 4.54. The van der Waals surface area contributed by atoms with Crippen molar-refractivity contribution in [1.82, 2.24) is 9.97 Å². The fourth-order valence-electron chi connectivity index (χ4n) is 2.55. The van der Waals surface area contributed by atoms with Crippen LogP contribution in [0, 0.1) is 5.92 Å². The Hall–Kier alpha value is -0.840. The number of nitrogens with one attached hydrogen (secondary N) is 2. The summed E-state index contributed by atoms with van der Waals surface area (Å²) in [7, 11) is 1.86. The van der Waals surface area contributed by atoms with Crippen LogP contribution >= 0.6 is 15.9 Å². The zero-order valence-electron chi connectivity index (χ0n) is 11.0. The molecule has 0 spiro atoms. The van der Waals surface area contributed by atoms with E-state index in [0.717, 1.165) is 22.0 Å². The van der Waals surface area contributed by atoms with Gasteiger partial charge in [-0.1, -0.05) is 13.3 Å². The van der Waals surface area contributed by atoms with Gasteiger partial charge in [-0.15, -0.1) is 0 Å². The van der Waals surface area contributed by atoms with Crippen LogP contribution in [0.2, 0.25) is 0 Å². The largest absolute Gasteiger partial charge is 0.372 e. The molecule has 1 aromatic rings. The molecule has 0 saturated heterocycles. The van der Waals surface area contributed by atoms with E-state index in [-0.39, 0.29) is 0 Å². The van der Waals surface area contributed by atoms with E-state index in [9.17, 15) is 0 Å². The van der Waals surface area contributed by atoms with Gasteiger partial charge in [-0.2, -0.15) is 0 Å². The first-order chi connectivity index (χ1) is 8.74. The summed E-state index contributed by atoms with van der Waals surface area (Å²) in [5, 5.41) is 6.58. The van der Waals surface area contributed by atoms with E-state index >= 15 is 0 Å². The topological polar surface area (TPSA) is 49.8 Å². The molecule has 0 radical (unpaired) electrons. The first kappa shape index (κ1) is 13.6. The second kappa shape index (κ2) is 6.36. The highest BCUT2D eigenvalue weighted by Gasteiger charge is 2.21. The molecule has 0 amide bonds. The van der Waals surface area contributed by atoms with Gasteiger partial charge < -0.3 is 10.6 Å². The number of nitrogens with zero attached hydrogens (tertiary/aromatic N) is 2. The van der Waals surface area contributed by atoms with Gasteiger partial charge in [0.2, 0.25) is 0 Å². The Balaban J connectivity index is 1.98. The van der Waals surface area contributed by atoms with Crippen LogP contribution in [-0.4, -0.2) is 23.1 Å². The molecule has 1 saturated carbocycles. The van der Waals surface area contributed by atoms with E-state index in [1.54, 1.807) is 6.33 Å². The maximum absolute atomic E-state index is 4.31. The van der Waals surface area contributed by atoms with E-state index in [2.05, 4.69) is 43.5 Å². The molecule has 1 aliphatic carbocycles. The Morgan fingerprint density at radius 2 is 1.89 bits per heavy atom. The highest BCUT2D eigenvalue weighted by Crippen LogP contribution is 2.31. The van der Waals surface area contributed by atoms with Crippen molar-refractivity contribution in [2.75, 3.05) is 17.7 Å². The first-order valence-electron chi connectivity index (χ1n) is 6.69. The number of hydrogen-bond acceptors (Lipinski definition) is 4. The van der Waals surface area contributed by atoms with Crippen LogP contribution in [0.4, 0.5) is 11.6 Å². The van der Waals surface area contributed by atoms with Crippen LogP contribution in [-0.2, 0) is 0 Å². The Morgan fingerprint density at radius 1 is 1.22 bits per heavy atom. The normalized spacial score (nSPS) is 23.7. The Bertz CT molecular complexity index is 389. The molecule has 100 valence electrons. The maximum Gasteiger partial charge on any atom is 0.146 e. The van der Waals surface area contributed by atoms with Crippen molar-refractivity contribution in [3.8, 4) is 0 Å². The van der Waals surface area contributed by atoms with Crippen molar-refractivity contribution < 1.29 is 0 Å². The molecule has 1 fully saturated rings. The molecule has 18 heavy (non-hydrogen) atoms.